The zero-order valence-electron chi connectivity index (χ0n) is 20.1. The average Bonchev–Trinajstić information content (AvgIpc) is 3.20. The van der Waals surface area contributed by atoms with Gasteiger partial charge in [-0.2, -0.15) is 0 Å². The highest BCUT2D eigenvalue weighted by Crippen LogP contribution is 2.34. The van der Waals surface area contributed by atoms with Crippen molar-refractivity contribution in [2.24, 2.45) is 0 Å². The predicted molar refractivity (Wildman–Crippen MR) is 142 cm³/mol. The van der Waals surface area contributed by atoms with Gasteiger partial charge in [-0.3, -0.25) is 9.59 Å². The number of esters is 1. The van der Waals surface area contributed by atoms with Gasteiger partial charge in [-0.15, -0.1) is 0 Å². The molecular weight excluding hydrogens is 482 g/mol. The van der Waals surface area contributed by atoms with Crippen LogP contribution in [0.1, 0.15) is 36.6 Å². The molecule has 0 aliphatic carbocycles. The second-order valence-corrected chi connectivity index (χ2v) is 8.84. The number of rotatable bonds is 4. The number of nitrogens with zero attached hydrogens (tertiary/aromatic N) is 1. The van der Waals surface area contributed by atoms with Crippen LogP contribution in [0.2, 0.25) is 0 Å². The van der Waals surface area contributed by atoms with Gasteiger partial charge >= 0.3 is 11.6 Å². The summed E-state index contributed by atoms with van der Waals surface area (Å²) in [6.45, 7) is 1.72. The Morgan fingerprint density at radius 3 is 2.03 bits per heavy atom. The van der Waals surface area contributed by atoms with Gasteiger partial charge in [0.2, 0.25) is 0 Å². The monoisotopic (exact) mass is 501 g/mol. The summed E-state index contributed by atoms with van der Waals surface area (Å²) in [5.41, 5.74) is 3.19. The third kappa shape index (κ3) is 3.77. The van der Waals surface area contributed by atoms with E-state index in [0.717, 1.165) is 21.4 Å². The third-order valence-electron chi connectivity index (χ3n) is 6.55. The number of amides is 2. The number of hydrogen-bond acceptors (Lipinski definition) is 6. The lowest BCUT2D eigenvalue weighted by atomic mass is 10.0. The van der Waals surface area contributed by atoms with E-state index < -0.39 is 23.4 Å². The predicted octanol–water partition coefficient (Wildman–Crippen LogP) is 5.79. The van der Waals surface area contributed by atoms with E-state index in [-0.39, 0.29) is 11.3 Å². The van der Waals surface area contributed by atoms with Gasteiger partial charge in [-0.25, -0.2) is 14.5 Å². The van der Waals surface area contributed by atoms with E-state index in [1.54, 1.807) is 43.3 Å². The fraction of sp³-hybridized carbons (Fsp3) is 0.0323. The van der Waals surface area contributed by atoms with Gasteiger partial charge in [0.15, 0.2) is 0 Å². The molecule has 38 heavy (non-hydrogen) atoms. The summed E-state index contributed by atoms with van der Waals surface area (Å²) in [6, 6.07) is 27.0. The Labute approximate surface area is 216 Å². The first-order chi connectivity index (χ1) is 18.4. The van der Waals surface area contributed by atoms with Crippen molar-refractivity contribution in [1.29, 1.82) is 0 Å². The average molecular weight is 501 g/mol. The molecule has 2 amide bonds. The number of anilines is 1. The standard InChI is InChI=1S/C31H19NO6/c1-18-26(16-15-22-25(17-27(33)38-28(18)22)19-7-3-2-4-8-19)37-31(36)20-11-13-21(14-12-20)32-29(34)23-9-5-6-10-24(23)30(32)35/h2-17H,1H3. The molecule has 7 nitrogen and oxygen atoms in total. The zero-order chi connectivity index (χ0) is 26.4. The molecule has 5 aromatic rings. The number of carbonyl (C=O) groups excluding carboxylic acids is 3. The summed E-state index contributed by atoms with van der Waals surface area (Å²) < 4.78 is 11.1. The maximum absolute atomic E-state index is 12.9. The highest BCUT2D eigenvalue weighted by atomic mass is 16.5. The van der Waals surface area contributed by atoms with E-state index in [1.807, 2.05) is 30.3 Å². The normalized spacial score (nSPS) is 12.6. The largest absolute Gasteiger partial charge is 0.423 e. The number of ether oxygens (including phenoxy) is 1. The lowest BCUT2D eigenvalue weighted by Crippen LogP contribution is -2.29. The number of imide groups is 1. The van der Waals surface area contributed by atoms with Crippen LogP contribution >= 0.6 is 0 Å². The molecule has 0 fully saturated rings. The van der Waals surface area contributed by atoms with Gasteiger partial charge in [0.25, 0.3) is 11.8 Å². The SMILES string of the molecule is Cc1c(OC(=O)c2ccc(N3C(=O)c4ccccc4C3=O)cc2)ccc2c(-c3ccccc3)cc(=O)oc12. The molecule has 0 saturated carbocycles. The van der Waals surface area contributed by atoms with Crippen molar-refractivity contribution in [3.05, 3.63) is 130 Å². The topological polar surface area (TPSA) is 93.9 Å². The Morgan fingerprint density at radius 2 is 1.37 bits per heavy atom. The van der Waals surface area contributed by atoms with Crippen LogP contribution in [0.5, 0.6) is 5.75 Å². The van der Waals surface area contributed by atoms with Crippen LogP contribution in [-0.2, 0) is 0 Å². The van der Waals surface area contributed by atoms with Crippen molar-refractivity contribution >= 4 is 34.4 Å². The Bertz CT molecular complexity index is 1790. The van der Waals surface area contributed by atoms with Crippen LogP contribution in [0, 0.1) is 6.92 Å². The molecule has 0 atom stereocenters. The molecule has 184 valence electrons. The smallest absolute Gasteiger partial charge is 0.343 e. The summed E-state index contributed by atoms with van der Waals surface area (Å²) in [5, 5.41) is 0.721. The van der Waals surface area contributed by atoms with E-state index >= 15 is 0 Å². The number of hydrogen-bond donors (Lipinski definition) is 0. The molecule has 6 rings (SSSR count). The molecule has 0 N–H and O–H groups in total. The van der Waals surface area contributed by atoms with Crippen LogP contribution in [0.15, 0.2) is 106 Å². The molecule has 0 unspecified atom stereocenters. The number of aryl methyl sites for hydroxylation is 1. The third-order valence-corrected chi connectivity index (χ3v) is 6.55. The van der Waals surface area contributed by atoms with Crippen molar-refractivity contribution in [3.63, 3.8) is 0 Å². The molecule has 1 aliphatic rings. The maximum Gasteiger partial charge on any atom is 0.343 e. The molecule has 0 spiro atoms. The minimum absolute atomic E-state index is 0.226. The molecule has 2 heterocycles. The fourth-order valence-electron chi connectivity index (χ4n) is 4.64. The maximum atomic E-state index is 12.9. The highest BCUT2D eigenvalue weighted by Gasteiger charge is 2.36. The zero-order valence-corrected chi connectivity index (χ0v) is 20.1. The molecular formula is C31H19NO6. The molecule has 0 radical (unpaired) electrons. The van der Waals surface area contributed by atoms with Gasteiger partial charge < -0.3 is 9.15 Å². The van der Waals surface area contributed by atoms with Gasteiger partial charge in [-0.1, -0.05) is 42.5 Å². The van der Waals surface area contributed by atoms with Gasteiger partial charge in [0, 0.05) is 17.0 Å². The Morgan fingerprint density at radius 1 is 0.737 bits per heavy atom. The van der Waals surface area contributed by atoms with E-state index in [1.165, 1.54) is 30.3 Å². The van der Waals surface area contributed by atoms with Crippen molar-refractivity contribution in [3.8, 4) is 16.9 Å². The summed E-state index contributed by atoms with van der Waals surface area (Å²) >= 11 is 0. The molecule has 0 bridgehead atoms. The Kier molecular flexibility index (Phi) is 5.46. The fourth-order valence-corrected chi connectivity index (χ4v) is 4.64. The van der Waals surface area contributed by atoms with E-state index in [4.69, 9.17) is 9.15 Å². The lowest BCUT2D eigenvalue weighted by Gasteiger charge is -2.14. The van der Waals surface area contributed by atoms with E-state index in [9.17, 15) is 19.2 Å². The molecule has 7 heteroatoms. The number of fused-ring (bicyclic) bond motifs is 2. The van der Waals surface area contributed by atoms with Crippen LogP contribution in [0.25, 0.3) is 22.1 Å². The summed E-state index contributed by atoms with van der Waals surface area (Å²) in [5.74, 6) is -1.21. The van der Waals surface area contributed by atoms with Gasteiger partial charge in [-0.05, 0) is 66.6 Å². The first-order valence-electron chi connectivity index (χ1n) is 11.9. The quantitative estimate of drug-likeness (QED) is 0.134. The Hall–Kier alpha value is -5.30. The van der Waals surface area contributed by atoms with Crippen LogP contribution in [0.4, 0.5) is 5.69 Å². The molecule has 1 aliphatic heterocycles. The van der Waals surface area contributed by atoms with Crippen molar-refractivity contribution in [2.75, 3.05) is 4.90 Å². The van der Waals surface area contributed by atoms with Crippen LogP contribution in [0.3, 0.4) is 0 Å². The molecule has 4 aromatic carbocycles. The van der Waals surface area contributed by atoms with Crippen molar-refractivity contribution in [1.82, 2.24) is 0 Å². The van der Waals surface area contributed by atoms with Gasteiger partial charge in [0.05, 0.1) is 22.4 Å². The van der Waals surface area contributed by atoms with E-state index in [0.29, 0.717) is 28.0 Å². The summed E-state index contributed by atoms with van der Waals surface area (Å²) in [4.78, 5) is 51.8. The van der Waals surface area contributed by atoms with Gasteiger partial charge in [0.1, 0.15) is 11.3 Å². The van der Waals surface area contributed by atoms with Crippen molar-refractivity contribution in [2.45, 2.75) is 6.92 Å². The second kappa shape index (κ2) is 8.97. The minimum atomic E-state index is -0.636. The summed E-state index contributed by atoms with van der Waals surface area (Å²) in [7, 11) is 0. The minimum Gasteiger partial charge on any atom is -0.423 e. The second-order valence-electron chi connectivity index (χ2n) is 8.84. The van der Waals surface area contributed by atoms with E-state index in [2.05, 4.69) is 0 Å². The molecule has 0 saturated heterocycles. The first-order valence-corrected chi connectivity index (χ1v) is 11.9. The Balaban J connectivity index is 1.27. The van der Waals surface area contributed by atoms with Crippen molar-refractivity contribution < 1.29 is 23.5 Å². The first kappa shape index (κ1) is 23.1. The number of benzene rings is 4. The van der Waals surface area contributed by atoms with Crippen LogP contribution < -0.4 is 15.3 Å². The highest BCUT2D eigenvalue weighted by molar-refractivity contribution is 6.34. The number of carbonyl (C=O) groups is 3. The summed E-state index contributed by atoms with van der Waals surface area (Å²) in [6.07, 6.45) is 0. The molecule has 1 aromatic heterocycles. The lowest BCUT2D eigenvalue weighted by molar-refractivity contribution is 0.0733. The van der Waals surface area contributed by atoms with Crippen LogP contribution in [-0.4, -0.2) is 17.8 Å².